The van der Waals surface area contributed by atoms with E-state index < -0.39 is 9.84 Å². The van der Waals surface area contributed by atoms with Gasteiger partial charge in [0, 0.05) is 29.4 Å². The Bertz CT molecular complexity index is 1130. The molecule has 0 spiro atoms. The Morgan fingerprint density at radius 2 is 1.77 bits per heavy atom. The molecule has 0 saturated carbocycles. The van der Waals surface area contributed by atoms with E-state index in [0.717, 1.165) is 21.7 Å². The summed E-state index contributed by atoms with van der Waals surface area (Å²) in [6.45, 7) is 5.72. The fourth-order valence-electron chi connectivity index (χ4n) is 4.03. The van der Waals surface area contributed by atoms with Crippen LogP contribution in [0.25, 0.3) is 0 Å². The second-order valence-corrected chi connectivity index (χ2v) is 11.8. The summed E-state index contributed by atoms with van der Waals surface area (Å²) in [4.78, 5) is 7.49. The number of aryl methyl sites for hydroxylation is 2. The zero-order valence-corrected chi connectivity index (χ0v) is 20.4. The number of nitrogens with zero attached hydrogens (tertiary/aromatic N) is 2. The molecule has 0 N–H and O–H groups in total. The Morgan fingerprint density at radius 3 is 2.43 bits per heavy atom. The molecule has 30 heavy (non-hydrogen) atoms. The van der Waals surface area contributed by atoms with E-state index in [0.29, 0.717) is 30.8 Å². The van der Waals surface area contributed by atoms with Gasteiger partial charge in [0.15, 0.2) is 15.0 Å². The zero-order valence-electron chi connectivity index (χ0n) is 17.1. The van der Waals surface area contributed by atoms with Gasteiger partial charge in [-0.2, -0.15) is 0 Å². The lowest BCUT2D eigenvalue weighted by Gasteiger charge is -2.31. The van der Waals surface area contributed by atoms with Crippen LogP contribution in [-0.4, -0.2) is 31.7 Å². The topological polar surface area (TPSA) is 50.3 Å². The molecule has 0 bridgehead atoms. The first-order chi connectivity index (χ1) is 14.3. The fraction of sp³-hybridized carbons (Fsp3) is 0.348. The number of piperidine rings is 1. The molecule has 0 unspecified atom stereocenters. The first-order valence-corrected chi connectivity index (χ1v) is 13.3. The highest BCUT2D eigenvalue weighted by Crippen LogP contribution is 2.30. The van der Waals surface area contributed by atoms with Crippen LogP contribution in [0.2, 0.25) is 0 Å². The van der Waals surface area contributed by atoms with Crippen LogP contribution in [0.15, 0.2) is 57.2 Å². The molecule has 1 aliphatic heterocycles. The standard InChI is InChI=1S/C23H25BrN2O2S2/c1-16-5-3-6-17(2)22(16)14-19-15-29-23(25-19)26-11-9-20(10-12-26)30(27,28)21-8-4-7-18(24)13-21/h3-8,13,15,20H,9-12,14H2,1-2H3. The molecule has 7 heteroatoms. The number of rotatable bonds is 5. The van der Waals surface area contributed by atoms with Crippen molar-refractivity contribution >= 4 is 42.2 Å². The summed E-state index contributed by atoms with van der Waals surface area (Å²) < 4.78 is 26.8. The second kappa shape index (κ2) is 8.81. The third-order valence-corrected chi connectivity index (χ3v) is 9.52. The second-order valence-electron chi connectivity index (χ2n) is 7.86. The highest BCUT2D eigenvalue weighted by Gasteiger charge is 2.32. The number of thiazole rings is 1. The van der Waals surface area contributed by atoms with Gasteiger partial charge in [-0.1, -0.05) is 40.2 Å². The number of sulfone groups is 1. The van der Waals surface area contributed by atoms with Gasteiger partial charge < -0.3 is 4.90 Å². The molecule has 0 radical (unpaired) electrons. The van der Waals surface area contributed by atoms with Crippen molar-refractivity contribution in [3.8, 4) is 0 Å². The van der Waals surface area contributed by atoms with Gasteiger partial charge in [0.25, 0.3) is 0 Å². The van der Waals surface area contributed by atoms with Gasteiger partial charge in [-0.3, -0.25) is 0 Å². The summed E-state index contributed by atoms with van der Waals surface area (Å²) in [7, 11) is -3.31. The van der Waals surface area contributed by atoms with Crippen LogP contribution in [0.4, 0.5) is 5.13 Å². The van der Waals surface area contributed by atoms with Crippen LogP contribution in [-0.2, 0) is 16.3 Å². The summed E-state index contributed by atoms with van der Waals surface area (Å²) >= 11 is 5.03. The van der Waals surface area contributed by atoms with Crippen molar-refractivity contribution in [2.45, 2.75) is 43.3 Å². The number of hydrogen-bond acceptors (Lipinski definition) is 5. The maximum Gasteiger partial charge on any atom is 0.185 e. The molecule has 2 aromatic carbocycles. The molecule has 1 fully saturated rings. The van der Waals surface area contributed by atoms with E-state index in [1.54, 1.807) is 29.5 Å². The average Bonchev–Trinajstić information content (AvgIpc) is 3.20. The van der Waals surface area contributed by atoms with Crippen molar-refractivity contribution in [2.24, 2.45) is 0 Å². The lowest BCUT2D eigenvalue weighted by Crippen LogP contribution is -2.39. The van der Waals surface area contributed by atoms with Crippen LogP contribution < -0.4 is 4.90 Å². The Kier molecular flexibility index (Phi) is 6.32. The number of aromatic nitrogens is 1. The molecular weight excluding hydrogens is 480 g/mol. The minimum atomic E-state index is -3.31. The van der Waals surface area contributed by atoms with Crippen molar-refractivity contribution in [1.82, 2.24) is 4.98 Å². The van der Waals surface area contributed by atoms with E-state index >= 15 is 0 Å². The van der Waals surface area contributed by atoms with E-state index in [9.17, 15) is 8.42 Å². The molecule has 1 saturated heterocycles. The number of hydrogen-bond donors (Lipinski definition) is 0. The molecular formula is C23H25BrN2O2S2. The van der Waals surface area contributed by atoms with E-state index in [1.807, 2.05) is 6.07 Å². The quantitative estimate of drug-likeness (QED) is 0.456. The normalized spacial score (nSPS) is 15.5. The Morgan fingerprint density at radius 1 is 1.10 bits per heavy atom. The lowest BCUT2D eigenvalue weighted by molar-refractivity contribution is 0.529. The van der Waals surface area contributed by atoms with Gasteiger partial charge in [0.1, 0.15) is 0 Å². The molecule has 1 aliphatic rings. The first kappa shape index (κ1) is 21.5. The predicted molar refractivity (Wildman–Crippen MR) is 127 cm³/mol. The summed E-state index contributed by atoms with van der Waals surface area (Å²) in [5.74, 6) is 0. The van der Waals surface area contributed by atoms with Gasteiger partial charge in [0.2, 0.25) is 0 Å². The zero-order chi connectivity index (χ0) is 21.3. The molecule has 3 aromatic rings. The Labute approximate surface area is 191 Å². The molecule has 0 aliphatic carbocycles. The van der Waals surface area contributed by atoms with Gasteiger partial charge in [-0.25, -0.2) is 13.4 Å². The molecule has 158 valence electrons. The van der Waals surface area contributed by atoms with E-state index in [4.69, 9.17) is 4.98 Å². The molecule has 4 nitrogen and oxygen atoms in total. The van der Waals surface area contributed by atoms with Crippen molar-refractivity contribution < 1.29 is 8.42 Å². The van der Waals surface area contributed by atoms with E-state index in [1.165, 1.54) is 16.7 Å². The average molecular weight is 506 g/mol. The smallest absolute Gasteiger partial charge is 0.185 e. The van der Waals surface area contributed by atoms with E-state index in [2.05, 4.69) is 58.3 Å². The summed E-state index contributed by atoms with van der Waals surface area (Å²) in [5.41, 5.74) is 5.01. The molecule has 0 atom stereocenters. The highest BCUT2D eigenvalue weighted by molar-refractivity contribution is 9.10. The van der Waals surface area contributed by atoms with Crippen LogP contribution >= 0.6 is 27.3 Å². The maximum atomic E-state index is 13.0. The lowest BCUT2D eigenvalue weighted by atomic mass is 9.99. The van der Waals surface area contributed by atoms with Crippen molar-refractivity contribution in [1.29, 1.82) is 0 Å². The van der Waals surface area contributed by atoms with Crippen LogP contribution in [0, 0.1) is 13.8 Å². The molecule has 4 rings (SSSR count). The molecule has 1 aromatic heterocycles. The van der Waals surface area contributed by atoms with Gasteiger partial charge in [0.05, 0.1) is 15.8 Å². The maximum absolute atomic E-state index is 13.0. The van der Waals surface area contributed by atoms with Crippen LogP contribution in [0.3, 0.4) is 0 Å². The SMILES string of the molecule is Cc1cccc(C)c1Cc1csc(N2CCC(S(=O)(=O)c3cccc(Br)c3)CC2)n1. The first-order valence-electron chi connectivity index (χ1n) is 10.1. The van der Waals surface area contributed by atoms with Gasteiger partial charge >= 0.3 is 0 Å². The Balaban J connectivity index is 1.43. The minimum Gasteiger partial charge on any atom is -0.348 e. The summed E-state index contributed by atoms with van der Waals surface area (Å²) in [5, 5.41) is 2.79. The third kappa shape index (κ3) is 4.48. The molecule has 2 heterocycles. The minimum absolute atomic E-state index is 0.336. The predicted octanol–water partition coefficient (Wildman–Crippen LogP) is 5.56. The number of anilines is 1. The van der Waals surface area contributed by atoms with Crippen molar-refractivity contribution in [3.05, 3.63) is 74.7 Å². The van der Waals surface area contributed by atoms with E-state index in [-0.39, 0.29) is 5.25 Å². The molecule has 0 amide bonds. The Hall–Kier alpha value is -1.70. The van der Waals surface area contributed by atoms with Crippen molar-refractivity contribution in [3.63, 3.8) is 0 Å². The third-order valence-electron chi connectivity index (χ3n) is 5.82. The summed E-state index contributed by atoms with van der Waals surface area (Å²) in [6, 6.07) is 13.4. The van der Waals surface area contributed by atoms with Crippen molar-refractivity contribution in [2.75, 3.05) is 18.0 Å². The number of benzene rings is 2. The highest BCUT2D eigenvalue weighted by atomic mass is 79.9. The van der Waals surface area contributed by atoms with Gasteiger partial charge in [-0.15, -0.1) is 11.3 Å². The number of halogens is 1. The largest absolute Gasteiger partial charge is 0.348 e. The monoisotopic (exact) mass is 504 g/mol. The van der Waals surface area contributed by atoms with Gasteiger partial charge in [-0.05, 0) is 61.6 Å². The fourth-order valence-corrected chi connectivity index (χ4v) is 7.23. The van der Waals surface area contributed by atoms with Crippen LogP contribution in [0.5, 0.6) is 0 Å². The summed E-state index contributed by atoms with van der Waals surface area (Å²) in [6.07, 6.45) is 2.09. The van der Waals surface area contributed by atoms with Crippen LogP contribution in [0.1, 0.15) is 35.2 Å².